The fourth-order valence-corrected chi connectivity index (χ4v) is 3.20. The van der Waals surface area contributed by atoms with Gasteiger partial charge in [-0.1, -0.05) is 17.7 Å². The minimum atomic E-state index is -0.645. The van der Waals surface area contributed by atoms with E-state index in [0.717, 1.165) is 18.5 Å². The van der Waals surface area contributed by atoms with Crippen LogP contribution in [0.1, 0.15) is 40.5 Å². The van der Waals surface area contributed by atoms with Crippen LogP contribution in [0.25, 0.3) is 11.0 Å². The minimum absolute atomic E-state index is 0.0334. The number of pyridine rings is 1. The van der Waals surface area contributed by atoms with Crippen molar-refractivity contribution in [3.63, 3.8) is 0 Å². The lowest BCUT2D eigenvalue weighted by Crippen LogP contribution is -2.14. The Kier molecular flexibility index (Phi) is 3.72. The molecule has 4 rings (SSSR count). The zero-order valence-corrected chi connectivity index (χ0v) is 14.6. The van der Waals surface area contributed by atoms with Gasteiger partial charge < -0.3 is 5.32 Å². The van der Waals surface area contributed by atoms with Gasteiger partial charge in [0.1, 0.15) is 0 Å². The van der Waals surface area contributed by atoms with Gasteiger partial charge in [-0.05, 0) is 38.0 Å². The normalized spacial score (nSPS) is 14.1. The van der Waals surface area contributed by atoms with Crippen LogP contribution in [0, 0.1) is 12.7 Å². The van der Waals surface area contributed by atoms with Crippen molar-refractivity contribution in [2.75, 3.05) is 5.32 Å². The molecular weight excluding hydrogens is 343 g/mol. The number of aryl methyl sites for hydroxylation is 2. The smallest absolute Gasteiger partial charge is 0.256 e. The number of hydrogen-bond donors (Lipinski definition) is 1. The number of nitrogens with zero attached hydrogens (tertiary/aromatic N) is 3. The number of nitrogens with one attached hydrogen (secondary N) is 1. The second-order valence-electron chi connectivity index (χ2n) is 6.33. The summed E-state index contributed by atoms with van der Waals surface area (Å²) in [5.74, 6) is -0.659. The van der Waals surface area contributed by atoms with Crippen molar-refractivity contribution in [2.45, 2.75) is 25.7 Å². The second kappa shape index (κ2) is 5.81. The number of anilines is 1. The first-order chi connectivity index (χ1) is 12.0. The molecule has 0 spiro atoms. The third kappa shape index (κ3) is 2.76. The summed E-state index contributed by atoms with van der Waals surface area (Å²) >= 11 is 5.79. The molecule has 0 atom stereocenters. The van der Waals surface area contributed by atoms with Crippen LogP contribution >= 0.6 is 11.6 Å². The summed E-state index contributed by atoms with van der Waals surface area (Å²) in [7, 11) is 1.80. The fourth-order valence-electron chi connectivity index (χ4n) is 3.02. The van der Waals surface area contributed by atoms with Crippen molar-refractivity contribution in [1.82, 2.24) is 14.8 Å². The molecule has 128 valence electrons. The van der Waals surface area contributed by atoms with Crippen LogP contribution in [-0.2, 0) is 7.05 Å². The summed E-state index contributed by atoms with van der Waals surface area (Å²) < 4.78 is 15.8. The van der Waals surface area contributed by atoms with Crippen LogP contribution in [0.3, 0.4) is 0 Å². The van der Waals surface area contributed by atoms with Crippen molar-refractivity contribution < 1.29 is 9.18 Å². The first kappa shape index (κ1) is 16.0. The maximum atomic E-state index is 14.1. The second-order valence-corrected chi connectivity index (χ2v) is 6.74. The molecule has 0 saturated heterocycles. The molecule has 2 heterocycles. The molecule has 5 nitrogen and oxygen atoms in total. The Labute approximate surface area is 148 Å². The number of rotatable bonds is 3. The molecule has 7 heteroatoms. The molecule has 1 saturated carbocycles. The lowest BCUT2D eigenvalue weighted by Gasteiger charge is -2.10. The first-order valence-electron chi connectivity index (χ1n) is 8.05. The average Bonchev–Trinajstić information content (AvgIpc) is 3.38. The molecule has 0 radical (unpaired) electrons. The standard InChI is InChI=1S/C18H16ClFN4O/c1-9-15-11(18(25)22-13-5-3-4-12(19)16(13)20)8-14(10-6-7-10)21-17(15)24(2)23-9/h3-5,8,10H,6-7H2,1-2H3,(H,22,25). The maximum absolute atomic E-state index is 14.1. The summed E-state index contributed by atoms with van der Waals surface area (Å²) in [6, 6.07) is 6.31. The predicted molar refractivity (Wildman–Crippen MR) is 94.6 cm³/mol. The van der Waals surface area contributed by atoms with E-state index >= 15 is 0 Å². The third-order valence-electron chi connectivity index (χ3n) is 4.43. The van der Waals surface area contributed by atoms with E-state index in [1.807, 2.05) is 6.92 Å². The molecule has 2 aromatic heterocycles. The molecule has 1 amide bonds. The Balaban J connectivity index is 1.82. The Morgan fingerprint density at radius 1 is 1.40 bits per heavy atom. The van der Waals surface area contributed by atoms with Gasteiger partial charge in [0.05, 0.1) is 27.4 Å². The van der Waals surface area contributed by atoms with Crippen LogP contribution in [-0.4, -0.2) is 20.7 Å². The Bertz CT molecular complexity index is 1010. The van der Waals surface area contributed by atoms with Gasteiger partial charge in [-0.3, -0.25) is 9.48 Å². The molecular formula is C18H16ClFN4O. The molecule has 1 N–H and O–H groups in total. The monoisotopic (exact) mass is 358 g/mol. The minimum Gasteiger partial charge on any atom is -0.319 e. The van der Waals surface area contributed by atoms with E-state index in [2.05, 4.69) is 15.4 Å². The molecule has 1 fully saturated rings. The van der Waals surface area contributed by atoms with Crippen molar-refractivity contribution in [1.29, 1.82) is 0 Å². The number of carbonyl (C=O) groups excluding carboxylic acids is 1. The van der Waals surface area contributed by atoms with Gasteiger partial charge in [-0.25, -0.2) is 9.37 Å². The number of fused-ring (bicyclic) bond motifs is 1. The quantitative estimate of drug-likeness (QED) is 0.763. The van der Waals surface area contributed by atoms with Crippen LogP contribution in [0.5, 0.6) is 0 Å². The van der Waals surface area contributed by atoms with Crippen molar-refractivity contribution in [2.24, 2.45) is 7.05 Å². The van der Waals surface area contributed by atoms with Gasteiger partial charge >= 0.3 is 0 Å². The molecule has 0 unspecified atom stereocenters. The Hall–Kier alpha value is -2.47. The number of benzene rings is 1. The largest absolute Gasteiger partial charge is 0.319 e. The number of halogens is 2. The van der Waals surface area contributed by atoms with Crippen molar-refractivity contribution in [3.8, 4) is 0 Å². The SMILES string of the molecule is Cc1nn(C)c2nc(C3CC3)cc(C(=O)Nc3cccc(Cl)c3F)c12. The number of carbonyl (C=O) groups is 1. The predicted octanol–water partition coefficient (Wildman–Crippen LogP) is 4.20. The van der Waals surface area contributed by atoms with E-state index < -0.39 is 11.7 Å². The third-order valence-corrected chi connectivity index (χ3v) is 4.72. The zero-order chi connectivity index (χ0) is 17.7. The van der Waals surface area contributed by atoms with E-state index in [-0.39, 0.29) is 10.7 Å². The highest BCUT2D eigenvalue weighted by molar-refractivity contribution is 6.31. The molecule has 1 aromatic carbocycles. The van der Waals surface area contributed by atoms with Crippen LogP contribution in [0.15, 0.2) is 24.3 Å². The first-order valence-corrected chi connectivity index (χ1v) is 8.43. The van der Waals surface area contributed by atoms with E-state index in [1.165, 1.54) is 12.1 Å². The molecule has 0 bridgehead atoms. The van der Waals surface area contributed by atoms with E-state index in [4.69, 9.17) is 11.6 Å². The topological polar surface area (TPSA) is 59.8 Å². The van der Waals surface area contributed by atoms with Crippen LogP contribution in [0.2, 0.25) is 5.02 Å². The zero-order valence-electron chi connectivity index (χ0n) is 13.8. The van der Waals surface area contributed by atoms with Gasteiger partial charge in [-0.15, -0.1) is 0 Å². The average molecular weight is 359 g/mol. The van der Waals surface area contributed by atoms with Gasteiger partial charge in [0.25, 0.3) is 5.91 Å². The van der Waals surface area contributed by atoms with Crippen molar-refractivity contribution in [3.05, 3.63) is 52.1 Å². The summed E-state index contributed by atoms with van der Waals surface area (Å²) in [4.78, 5) is 17.5. The maximum Gasteiger partial charge on any atom is 0.256 e. The van der Waals surface area contributed by atoms with E-state index in [1.54, 1.807) is 23.9 Å². The lowest BCUT2D eigenvalue weighted by molar-refractivity contribution is 0.102. The number of hydrogen-bond acceptors (Lipinski definition) is 3. The molecule has 25 heavy (non-hydrogen) atoms. The molecule has 1 aliphatic carbocycles. The molecule has 1 aliphatic rings. The Morgan fingerprint density at radius 3 is 2.88 bits per heavy atom. The van der Waals surface area contributed by atoms with Gasteiger partial charge in [0.2, 0.25) is 0 Å². The van der Waals surface area contributed by atoms with Crippen LogP contribution in [0.4, 0.5) is 10.1 Å². The molecule has 0 aliphatic heterocycles. The fraction of sp³-hybridized carbons (Fsp3) is 0.278. The number of amides is 1. The van der Waals surface area contributed by atoms with Gasteiger partial charge in [0.15, 0.2) is 11.5 Å². The van der Waals surface area contributed by atoms with Gasteiger partial charge in [-0.2, -0.15) is 5.10 Å². The Morgan fingerprint density at radius 2 is 2.16 bits per heavy atom. The summed E-state index contributed by atoms with van der Waals surface area (Å²) in [5.41, 5.74) is 2.77. The van der Waals surface area contributed by atoms with Crippen LogP contribution < -0.4 is 5.32 Å². The summed E-state index contributed by atoms with van der Waals surface area (Å²) in [5, 5.41) is 7.64. The number of aromatic nitrogens is 3. The summed E-state index contributed by atoms with van der Waals surface area (Å²) in [6.45, 7) is 1.83. The van der Waals surface area contributed by atoms with Gasteiger partial charge in [0, 0.05) is 18.7 Å². The molecule has 3 aromatic rings. The highest BCUT2D eigenvalue weighted by Crippen LogP contribution is 2.40. The van der Waals surface area contributed by atoms with Crippen molar-refractivity contribution >= 4 is 34.2 Å². The van der Waals surface area contributed by atoms with E-state index in [0.29, 0.717) is 28.2 Å². The summed E-state index contributed by atoms with van der Waals surface area (Å²) in [6.07, 6.45) is 2.14. The lowest BCUT2D eigenvalue weighted by atomic mass is 10.1. The van der Waals surface area contributed by atoms with E-state index in [9.17, 15) is 9.18 Å². The highest BCUT2D eigenvalue weighted by Gasteiger charge is 2.28. The highest BCUT2D eigenvalue weighted by atomic mass is 35.5.